The Bertz CT molecular complexity index is 248. The van der Waals surface area contributed by atoms with Crippen LogP contribution in [0.4, 0.5) is 0 Å². The highest BCUT2D eigenvalue weighted by molar-refractivity contribution is 5.79. The van der Waals surface area contributed by atoms with E-state index in [9.17, 15) is 4.79 Å². The molecule has 1 aliphatic heterocycles. The predicted molar refractivity (Wildman–Crippen MR) is 47.3 cm³/mol. The second-order valence-corrected chi connectivity index (χ2v) is 5.17. The van der Waals surface area contributed by atoms with Crippen molar-refractivity contribution in [2.75, 3.05) is 13.1 Å². The number of hydrogen-bond acceptors (Lipinski definition) is 2. The van der Waals surface area contributed by atoms with Crippen LogP contribution in [0, 0.1) is 16.7 Å². The molecule has 0 radical (unpaired) electrons. The molecule has 0 aromatic carbocycles. The molecule has 0 spiro atoms. The molecule has 1 unspecified atom stereocenters. The molecule has 0 amide bonds. The summed E-state index contributed by atoms with van der Waals surface area (Å²) in [4.78, 5) is 10.9. The lowest BCUT2D eigenvalue weighted by atomic mass is 9.32. The summed E-state index contributed by atoms with van der Waals surface area (Å²) in [5, 5.41) is 12.3. The van der Waals surface area contributed by atoms with Crippen LogP contribution >= 0.6 is 0 Å². The molecule has 3 heteroatoms. The first-order chi connectivity index (χ1) is 6.17. The summed E-state index contributed by atoms with van der Waals surface area (Å²) < 4.78 is 0. The summed E-state index contributed by atoms with van der Waals surface area (Å²) in [6.07, 6.45) is 4.14. The van der Waals surface area contributed by atoms with E-state index in [1.165, 1.54) is 6.42 Å². The summed E-state index contributed by atoms with van der Waals surface area (Å²) in [5.41, 5.74) is 0.171. The molecule has 3 nitrogen and oxygen atoms in total. The summed E-state index contributed by atoms with van der Waals surface area (Å²) >= 11 is 0. The molecule has 4 rings (SSSR count). The van der Waals surface area contributed by atoms with Crippen LogP contribution in [0.2, 0.25) is 0 Å². The summed E-state index contributed by atoms with van der Waals surface area (Å²) in [7, 11) is 0. The minimum Gasteiger partial charge on any atom is -0.481 e. The summed E-state index contributed by atoms with van der Waals surface area (Å²) in [5.74, 6) is 0.217. The van der Waals surface area contributed by atoms with E-state index in [0.717, 1.165) is 38.3 Å². The summed E-state index contributed by atoms with van der Waals surface area (Å²) in [6.45, 7) is 2.25. The maximum Gasteiger partial charge on any atom is 0.309 e. The molecular formula is C10H15NO2. The fraction of sp³-hybridized carbons (Fsp3) is 0.900. The maximum absolute atomic E-state index is 10.9. The van der Waals surface area contributed by atoms with Gasteiger partial charge in [0, 0.05) is 0 Å². The predicted octanol–water partition coefficient (Wildman–Crippen LogP) is 0.851. The van der Waals surface area contributed by atoms with Gasteiger partial charge in [-0.1, -0.05) is 0 Å². The number of rotatable bonds is 2. The molecule has 0 aromatic rings. The Balaban J connectivity index is 1.69. The molecule has 1 saturated heterocycles. The Kier molecular flexibility index (Phi) is 1.25. The van der Waals surface area contributed by atoms with Crippen molar-refractivity contribution in [2.24, 2.45) is 16.7 Å². The molecule has 3 aliphatic carbocycles. The lowest BCUT2D eigenvalue weighted by Crippen LogP contribution is -2.68. The van der Waals surface area contributed by atoms with Gasteiger partial charge < -0.3 is 10.4 Å². The van der Waals surface area contributed by atoms with E-state index in [4.69, 9.17) is 5.11 Å². The number of carbonyl (C=O) groups is 1. The fourth-order valence-electron chi connectivity index (χ4n) is 3.70. The second-order valence-electron chi connectivity index (χ2n) is 5.17. The molecule has 1 heterocycles. The van der Waals surface area contributed by atoms with Gasteiger partial charge in [0.15, 0.2) is 0 Å². The van der Waals surface area contributed by atoms with Crippen LogP contribution in [0.1, 0.15) is 25.7 Å². The number of hydrogen-bond donors (Lipinski definition) is 2. The molecule has 13 heavy (non-hydrogen) atoms. The van der Waals surface area contributed by atoms with Crippen molar-refractivity contribution in [2.45, 2.75) is 25.7 Å². The number of carboxylic acids is 1. The minimum absolute atomic E-state index is 0.275. The number of carboxylic acid groups (broad SMARTS) is 1. The average molecular weight is 181 g/mol. The molecule has 2 bridgehead atoms. The Hall–Kier alpha value is -0.570. The van der Waals surface area contributed by atoms with E-state index in [2.05, 4.69) is 5.32 Å². The van der Waals surface area contributed by atoms with Crippen LogP contribution < -0.4 is 5.32 Å². The van der Waals surface area contributed by atoms with Gasteiger partial charge in [0.2, 0.25) is 0 Å². The first-order valence-corrected chi connectivity index (χ1v) is 5.11. The van der Waals surface area contributed by atoms with E-state index >= 15 is 0 Å². The normalized spacial score (nSPS) is 52.5. The third kappa shape index (κ3) is 0.766. The largest absolute Gasteiger partial charge is 0.481 e. The van der Waals surface area contributed by atoms with E-state index in [0.29, 0.717) is 5.41 Å². The topological polar surface area (TPSA) is 49.3 Å². The Morgan fingerprint density at radius 1 is 1.38 bits per heavy atom. The van der Waals surface area contributed by atoms with Crippen LogP contribution in [0.25, 0.3) is 0 Å². The number of nitrogens with one attached hydrogen (secondary N) is 1. The Morgan fingerprint density at radius 3 is 2.54 bits per heavy atom. The standard InChI is InChI=1S/C10H15NO2/c12-8(13)10-4-9(5-10,6-10)7-1-2-11-3-7/h7,11H,1-6H2,(H,12,13). The van der Waals surface area contributed by atoms with Gasteiger partial charge >= 0.3 is 5.97 Å². The van der Waals surface area contributed by atoms with Crippen LogP contribution in [-0.4, -0.2) is 24.2 Å². The SMILES string of the molecule is O=C(O)C12CC(C3CCNC3)(C1)C2. The van der Waals surface area contributed by atoms with Gasteiger partial charge in [-0.25, -0.2) is 0 Å². The first-order valence-electron chi connectivity index (χ1n) is 5.11. The Morgan fingerprint density at radius 2 is 2.08 bits per heavy atom. The zero-order valence-corrected chi connectivity index (χ0v) is 7.68. The number of aliphatic carboxylic acids is 1. The van der Waals surface area contributed by atoms with Gasteiger partial charge in [-0.05, 0) is 50.1 Å². The monoisotopic (exact) mass is 181 g/mol. The maximum atomic E-state index is 10.9. The van der Waals surface area contributed by atoms with Gasteiger partial charge in [0.05, 0.1) is 5.41 Å². The van der Waals surface area contributed by atoms with Crippen molar-refractivity contribution in [3.8, 4) is 0 Å². The van der Waals surface area contributed by atoms with E-state index < -0.39 is 5.97 Å². The summed E-state index contributed by atoms with van der Waals surface area (Å²) in [6, 6.07) is 0. The molecule has 72 valence electrons. The van der Waals surface area contributed by atoms with Gasteiger partial charge in [0.25, 0.3) is 0 Å². The fourth-order valence-corrected chi connectivity index (χ4v) is 3.70. The first kappa shape index (κ1) is 7.80. The van der Waals surface area contributed by atoms with Crippen LogP contribution in [0.5, 0.6) is 0 Å². The van der Waals surface area contributed by atoms with Crippen molar-refractivity contribution in [1.82, 2.24) is 5.32 Å². The third-order valence-electron chi connectivity index (χ3n) is 4.45. The van der Waals surface area contributed by atoms with Gasteiger partial charge in [-0.3, -0.25) is 4.79 Å². The van der Waals surface area contributed by atoms with Crippen molar-refractivity contribution in [3.63, 3.8) is 0 Å². The lowest BCUT2D eigenvalue weighted by molar-refractivity contribution is -0.240. The van der Waals surface area contributed by atoms with Crippen molar-refractivity contribution in [1.29, 1.82) is 0 Å². The Labute approximate surface area is 77.5 Å². The van der Waals surface area contributed by atoms with Crippen LogP contribution in [0.15, 0.2) is 0 Å². The van der Waals surface area contributed by atoms with Crippen molar-refractivity contribution >= 4 is 5.97 Å². The highest BCUT2D eigenvalue weighted by Crippen LogP contribution is 2.76. The second kappa shape index (κ2) is 2.08. The molecule has 2 N–H and O–H groups in total. The van der Waals surface area contributed by atoms with E-state index in [1.54, 1.807) is 0 Å². The highest BCUT2D eigenvalue weighted by atomic mass is 16.4. The quantitative estimate of drug-likeness (QED) is 0.664. The molecule has 4 aliphatic rings. The highest BCUT2D eigenvalue weighted by Gasteiger charge is 2.73. The third-order valence-corrected chi connectivity index (χ3v) is 4.45. The molecule has 1 atom stereocenters. The zero-order chi connectivity index (χ0) is 9.10. The minimum atomic E-state index is -0.555. The molecule has 0 aromatic heterocycles. The van der Waals surface area contributed by atoms with Crippen molar-refractivity contribution < 1.29 is 9.90 Å². The van der Waals surface area contributed by atoms with Gasteiger partial charge in [0.1, 0.15) is 0 Å². The molecule has 3 saturated carbocycles. The molecule has 4 fully saturated rings. The van der Waals surface area contributed by atoms with E-state index in [1.807, 2.05) is 0 Å². The van der Waals surface area contributed by atoms with E-state index in [-0.39, 0.29) is 5.41 Å². The zero-order valence-electron chi connectivity index (χ0n) is 7.68. The van der Waals surface area contributed by atoms with Crippen molar-refractivity contribution in [3.05, 3.63) is 0 Å². The van der Waals surface area contributed by atoms with Gasteiger partial charge in [-0.15, -0.1) is 0 Å². The molecular weight excluding hydrogens is 166 g/mol. The van der Waals surface area contributed by atoms with Crippen LogP contribution in [-0.2, 0) is 4.79 Å². The lowest BCUT2D eigenvalue weighted by Gasteiger charge is -2.70. The van der Waals surface area contributed by atoms with Crippen LogP contribution in [0.3, 0.4) is 0 Å². The average Bonchev–Trinajstić information content (AvgIpc) is 2.31. The smallest absolute Gasteiger partial charge is 0.309 e. The van der Waals surface area contributed by atoms with Gasteiger partial charge in [-0.2, -0.15) is 0 Å².